The van der Waals surface area contributed by atoms with E-state index in [2.05, 4.69) is 42.9 Å². The maximum Gasteiger partial charge on any atom is 0.240 e. The molecule has 3 rings (SSSR count). The van der Waals surface area contributed by atoms with Crippen molar-refractivity contribution in [2.75, 3.05) is 6.54 Å². The summed E-state index contributed by atoms with van der Waals surface area (Å²) < 4.78 is 27.8. The SMILES string of the molecule is Cc1cc(C)c([C@@H](C)NC(=O)CCc2ccc(S(=O)(=O)NCCc3ccccc3)cc2)cc1C. The Hall–Kier alpha value is -2.96. The molecule has 0 saturated carbocycles. The molecule has 180 valence electrons. The molecular weight excluding hydrogens is 444 g/mol. The highest BCUT2D eigenvalue weighted by Crippen LogP contribution is 2.22. The molecule has 0 aliphatic rings. The summed E-state index contributed by atoms with van der Waals surface area (Å²) in [5, 5.41) is 3.08. The average molecular weight is 479 g/mol. The monoisotopic (exact) mass is 478 g/mol. The van der Waals surface area contributed by atoms with Crippen LogP contribution >= 0.6 is 0 Å². The van der Waals surface area contributed by atoms with Gasteiger partial charge in [0.2, 0.25) is 15.9 Å². The fraction of sp³-hybridized carbons (Fsp3) is 0.321. The van der Waals surface area contributed by atoms with Crippen molar-refractivity contribution in [1.29, 1.82) is 0 Å². The Morgan fingerprint density at radius 2 is 1.44 bits per heavy atom. The third kappa shape index (κ3) is 7.02. The number of carbonyl (C=O) groups excluding carboxylic acids is 1. The molecule has 0 fully saturated rings. The molecule has 0 unspecified atom stereocenters. The number of rotatable bonds is 10. The zero-order valence-electron chi connectivity index (χ0n) is 20.4. The Kier molecular flexibility index (Phi) is 8.64. The summed E-state index contributed by atoms with van der Waals surface area (Å²) in [6, 6.07) is 20.7. The molecule has 0 aliphatic heterocycles. The van der Waals surface area contributed by atoms with Crippen LogP contribution in [-0.4, -0.2) is 20.9 Å². The number of amides is 1. The minimum atomic E-state index is -3.57. The summed E-state index contributed by atoms with van der Waals surface area (Å²) in [6.07, 6.45) is 1.52. The van der Waals surface area contributed by atoms with Gasteiger partial charge in [-0.05, 0) is 86.1 Å². The third-order valence-electron chi connectivity index (χ3n) is 6.15. The van der Waals surface area contributed by atoms with Gasteiger partial charge < -0.3 is 5.32 Å². The van der Waals surface area contributed by atoms with Crippen LogP contribution < -0.4 is 10.0 Å². The lowest BCUT2D eigenvalue weighted by atomic mass is 9.96. The Bertz CT molecular complexity index is 1220. The highest BCUT2D eigenvalue weighted by atomic mass is 32.2. The molecule has 1 atom stereocenters. The first kappa shape index (κ1) is 25.7. The zero-order valence-corrected chi connectivity index (χ0v) is 21.2. The van der Waals surface area contributed by atoms with Crippen LogP contribution in [-0.2, 0) is 27.7 Å². The summed E-state index contributed by atoms with van der Waals surface area (Å²) in [4.78, 5) is 12.7. The summed E-state index contributed by atoms with van der Waals surface area (Å²) >= 11 is 0. The van der Waals surface area contributed by atoms with E-state index in [1.807, 2.05) is 37.3 Å². The first-order valence-electron chi connectivity index (χ1n) is 11.7. The van der Waals surface area contributed by atoms with E-state index < -0.39 is 10.0 Å². The van der Waals surface area contributed by atoms with Crippen LogP contribution in [0.3, 0.4) is 0 Å². The fourth-order valence-electron chi connectivity index (χ4n) is 3.99. The van der Waals surface area contributed by atoms with E-state index >= 15 is 0 Å². The smallest absolute Gasteiger partial charge is 0.240 e. The second kappa shape index (κ2) is 11.4. The van der Waals surface area contributed by atoms with Crippen molar-refractivity contribution < 1.29 is 13.2 Å². The lowest BCUT2D eigenvalue weighted by Gasteiger charge is -2.18. The van der Waals surface area contributed by atoms with Crippen LogP contribution in [0.25, 0.3) is 0 Å². The van der Waals surface area contributed by atoms with E-state index in [9.17, 15) is 13.2 Å². The van der Waals surface area contributed by atoms with E-state index in [0.717, 1.165) is 16.7 Å². The molecule has 0 aliphatic carbocycles. The number of carbonyl (C=O) groups is 1. The van der Waals surface area contributed by atoms with E-state index in [1.54, 1.807) is 24.3 Å². The van der Waals surface area contributed by atoms with Crippen LogP contribution in [0.1, 0.15) is 52.8 Å². The van der Waals surface area contributed by atoms with Gasteiger partial charge in [0.1, 0.15) is 0 Å². The normalized spacial score (nSPS) is 12.4. The van der Waals surface area contributed by atoms with Crippen molar-refractivity contribution in [3.05, 3.63) is 100 Å². The van der Waals surface area contributed by atoms with Gasteiger partial charge in [-0.15, -0.1) is 0 Å². The van der Waals surface area contributed by atoms with Gasteiger partial charge in [-0.2, -0.15) is 0 Å². The molecule has 34 heavy (non-hydrogen) atoms. The van der Waals surface area contributed by atoms with E-state index in [1.165, 1.54) is 16.7 Å². The molecule has 6 heteroatoms. The quantitative estimate of drug-likeness (QED) is 0.433. The second-order valence-electron chi connectivity index (χ2n) is 8.86. The molecule has 0 radical (unpaired) electrons. The maximum atomic E-state index is 12.6. The van der Waals surface area contributed by atoms with E-state index in [4.69, 9.17) is 0 Å². The highest BCUT2D eigenvalue weighted by Gasteiger charge is 2.15. The number of sulfonamides is 1. The third-order valence-corrected chi connectivity index (χ3v) is 7.63. The molecule has 0 saturated heterocycles. The van der Waals surface area contributed by atoms with Gasteiger partial charge in [-0.1, -0.05) is 54.6 Å². The highest BCUT2D eigenvalue weighted by molar-refractivity contribution is 7.89. The van der Waals surface area contributed by atoms with Crippen molar-refractivity contribution in [2.24, 2.45) is 0 Å². The number of aryl methyl sites for hydroxylation is 4. The molecular formula is C28H34N2O3S. The number of nitrogens with one attached hydrogen (secondary N) is 2. The van der Waals surface area contributed by atoms with Crippen LogP contribution in [0, 0.1) is 20.8 Å². The molecule has 1 amide bonds. The number of hydrogen-bond donors (Lipinski definition) is 2. The summed E-state index contributed by atoms with van der Waals surface area (Å²) in [7, 11) is -3.57. The second-order valence-corrected chi connectivity index (χ2v) is 10.6. The van der Waals surface area contributed by atoms with E-state index in [-0.39, 0.29) is 16.8 Å². The maximum absolute atomic E-state index is 12.6. The molecule has 0 spiro atoms. The fourth-order valence-corrected chi connectivity index (χ4v) is 5.02. The molecule has 5 nitrogen and oxygen atoms in total. The van der Waals surface area contributed by atoms with Crippen LogP contribution in [0.5, 0.6) is 0 Å². The first-order valence-corrected chi connectivity index (χ1v) is 13.1. The zero-order chi connectivity index (χ0) is 24.7. The molecule has 3 aromatic carbocycles. The van der Waals surface area contributed by atoms with Crippen molar-refractivity contribution in [1.82, 2.24) is 10.0 Å². The predicted octanol–water partition coefficient (Wildman–Crippen LogP) is 4.94. The minimum Gasteiger partial charge on any atom is -0.350 e. The van der Waals surface area contributed by atoms with Crippen molar-refractivity contribution >= 4 is 15.9 Å². The summed E-state index contributed by atoms with van der Waals surface area (Å²) in [5.41, 5.74) is 6.77. The summed E-state index contributed by atoms with van der Waals surface area (Å²) in [5.74, 6) is -0.0237. The van der Waals surface area contributed by atoms with Crippen molar-refractivity contribution in [3.63, 3.8) is 0 Å². The average Bonchev–Trinajstić information content (AvgIpc) is 2.81. The number of benzene rings is 3. The summed E-state index contributed by atoms with van der Waals surface area (Å²) in [6.45, 7) is 8.57. The molecule has 0 heterocycles. The molecule has 2 N–H and O–H groups in total. The Morgan fingerprint density at radius 1 is 0.824 bits per heavy atom. The van der Waals surface area contributed by atoms with Crippen LogP contribution in [0.15, 0.2) is 71.6 Å². The van der Waals surface area contributed by atoms with Crippen molar-refractivity contribution in [3.8, 4) is 0 Å². The standard InChI is InChI=1S/C28H34N2O3S/c1-20-18-22(3)27(19-21(20)2)23(4)30-28(31)15-12-25-10-13-26(14-11-25)34(32,33)29-17-16-24-8-6-5-7-9-24/h5-11,13-14,18-19,23,29H,12,15-17H2,1-4H3,(H,30,31)/t23-/m1/s1. The predicted molar refractivity (Wildman–Crippen MR) is 137 cm³/mol. The molecule has 3 aromatic rings. The molecule has 0 bridgehead atoms. The van der Waals surface area contributed by atoms with Gasteiger partial charge in [-0.3, -0.25) is 4.79 Å². The lowest BCUT2D eigenvalue weighted by Crippen LogP contribution is -2.27. The first-order chi connectivity index (χ1) is 16.2. The van der Waals surface area contributed by atoms with E-state index in [0.29, 0.717) is 25.8 Å². The van der Waals surface area contributed by atoms with Gasteiger partial charge in [-0.25, -0.2) is 13.1 Å². The Labute approximate surface area is 203 Å². The Balaban J connectivity index is 1.50. The number of hydrogen-bond acceptors (Lipinski definition) is 3. The van der Waals surface area contributed by atoms with Gasteiger partial charge in [0.05, 0.1) is 10.9 Å². The largest absolute Gasteiger partial charge is 0.350 e. The van der Waals surface area contributed by atoms with Gasteiger partial charge in [0, 0.05) is 13.0 Å². The molecule has 0 aromatic heterocycles. The lowest BCUT2D eigenvalue weighted by molar-refractivity contribution is -0.121. The van der Waals surface area contributed by atoms with Crippen LogP contribution in [0.4, 0.5) is 0 Å². The topological polar surface area (TPSA) is 75.3 Å². The van der Waals surface area contributed by atoms with Gasteiger partial charge in [0.25, 0.3) is 0 Å². The Morgan fingerprint density at radius 3 is 2.12 bits per heavy atom. The minimum absolute atomic E-state index is 0.0237. The van der Waals surface area contributed by atoms with Crippen molar-refractivity contribution in [2.45, 2.75) is 57.9 Å². The van der Waals surface area contributed by atoms with Gasteiger partial charge >= 0.3 is 0 Å². The van der Waals surface area contributed by atoms with Gasteiger partial charge in [0.15, 0.2) is 0 Å². The van der Waals surface area contributed by atoms with Crippen LogP contribution in [0.2, 0.25) is 0 Å².